The minimum atomic E-state index is -0.720. The number of hydrogen-bond acceptors (Lipinski definition) is 3. The molecule has 1 N–H and O–H groups in total. The first-order valence-corrected chi connectivity index (χ1v) is 3.64. The van der Waals surface area contributed by atoms with E-state index in [4.69, 9.17) is 14.6 Å². The van der Waals surface area contributed by atoms with Crippen LogP contribution in [0.1, 0.15) is 12.8 Å². The highest BCUT2D eigenvalue weighted by atomic mass is 28.1. The van der Waals surface area contributed by atoms with Crippen molar-refractivity contribution in [3.8, 4) is 0 Å². The Kier molecular flexibility index (Phi) is 4.89. The first-order chi connectivity index (χ1) is 4.68. The summed E-state index contributed by atoms with van der Waals surface area (Å²) < 4.78 is 9.94. The molecule has 10 heavy (non-hydrogen) atoms. The molecule has 0 heterocycles. The number of methoxy groups -OCH3 is 2. The Morgan fingerprint density at radius 3 is 2.20 bits per heavy atom. The Bertz CT molecular complexity index is 83.1. The highest BCUT2D eigenvalue weighted by molar-refractivity contribution is 6.13. The second-order valence-electron chi connectivity index (χ2n) is 1.99. The zero-order valence-corrected chi connectivity index (χ0v) is 7.39. The molecule has 3 radical (unpaired) electrons. The number of rotatable bonds is 5. The second kappa shape index (κ2) is 4.84. The maximum atomic E-state index is 8.49. The van der Waals surface area contributed by atoms with E-state index in [0.29, 0.717) is 12.8 Å². The van der Waals surface area contributed by atoms with Crippen molar-refractivity contribution in [2.75, 3.05) is 20.8 Å². The van der Waals surface area contributed by atoms with Crippen LogP contribution < -0.4 is 0 Å². The van der Waals surface area contributed by atoms with Gasteiger partial charge in [0.05, 0.1) is 0 Å². The highest BCUT2D eigenvalue weighted by Gasteiger charge is 2.20. The fourth-order valence-electron chi connectivity index (χ4n) is 0.599. The standard InChI is InChI=1S/C6H13O3Si/c1-8-6(10,9-2)4-3-5-7/h7H,3-5H2,1-2H3. The predicted molar refractivity (Wildman–Crippen MR) is 38.8 cm³/mol. The molecule has 0 rings (SSSR count). The number of aliphatic hydroxyl groups is 1. The van der Waals surface area contributed by atoms with Crippen molar-refractivity contribution < 1.29 is 14.6 Å². The zero-order valence-electron chi connectivity index (χ0n) is 6.39. The molecule has 0 atom stereocenters. The summed E-state index contributed by atoms with van der Waals surface area (Å²) >= 11 is 0. The quantitative estimate of drug-likeness (QED) is 0.451. The lowest BCUT2D eigenvalue weighted by Crippen LogP contribution is -2.34. The van der Waals surface area contributed by atoms with Gasteiger partial charge in [0, 0.05) is 20.8 Å². The van der Waals surface area contributed by atoms with Gasteiger partial charge in [-0.25, -0.2) is 0 Å². The maximum Gasteiger partial charge on any atom is 0.143 e. The summed E-state index contributed by atoms with van der Waals surface area (Å²) in [6, 6.07) is 0. The molecule has 3 nitrogen and oxygen atoms in total. The average molecular weight is 161 g/mol. The number of hydrogen-bond donors (Lipinski definition) is 1. The largest absolute Gasteiger partial charge is 0.396 e. The van der Waals surface area contributed by atoms with Gasteiger partial charge in [-0.15, -0.1) is 0 Å². The summed E-state index contributed by atoms with van der Waals surface area (Å²) in [5.41, 5.74) is -0.720. The molecule has 0 fully saturated rings. The molecule has 0 aromatic carbocycles. The van der Waals surface area contributed by atoms with E-state index >= 15 is 0 Å². The third kappa shape index (κ3) is 3.31. The van der Waals surface area contributed by atoms with Crippen molar-refractivity contribution in [3.63, 3.8) is 0 Å². The van der Waals surface area contributed by atoms with Crippen LogP contribution in [0.3, 0.4) is 0 Å². The Labute approximate surface area is 64.8 Å². The van der Waals surface area contributed by atoms with Crippen molar-refractivity contribution >= 4 is 10.2 Å². The molecule has 0 saturated heterocycles. The van der Waals surface area contributed by atoms with Crippen molar-refractivity contribution in [1.82, 2.24) is 0 Å². The molecule has 4 heteroatoms. The van der Waals surface area contributed by atoms with Crippen LogP contribution in [-0.2, 0) is 9.47 Å². The Morgan fingerprint density at radius 1 is 1.40 bits per heavy atom. The highest BCUT2D eigenvalue weighted by Crippen LogP contribution is 2.12. The Hall–Kier alpha value is 0.0969. The summed E-state index contributed by atoms with van der Waals surface area (Å²) in [7, 11) is 6.38. The zero-order chi connectivity index (χ0) is 8.04. The summed E-state index contributed by atoms with van der Waals surface area (Å²) in [4.78, 5) is 0. The molecular formula is C6H13O3Si. The van der Waals surface area contributed by atoms with E-state index in [2.05, 4.69) is 10.2 Å². The predicted octanol–water partition coefficient (Wildman–Crippen LogP) is -0.126. The van der Waals surface area contributed by atoms with Crippen LogP contribution in [0, 0.1) is 0 Å². The molecule has 0 spiro atoms. The molecule has 0 aliphatic rings. The van der Waals surface area contributed by atoms with Gasteiger partial charge in [-0.2, -0.15) is 0 Å². The van der Waals surface area contributed by atoms with Crippen LogP contribution in [0.5, 0.6) is 0 Å². The van der Waals surface area contributed by atoms with Gasteiger partial charge >= 0.3 is 0 Å². The monoisotopic (exact) mass is 161 g/mol. The molecule has 0 saturated carbocycles. The van der Waals surface area contributed by atoms with E-state index in [9.17, 15) is 0 Å². The van der Waals surface area contributed by atoms with Gasteiger partial charge in [0.15, 0.2) is 0 Å². The summed E-state index contributed by atoms with van der Waals surface area (Å²) in [5, 5.41) is 8.49. The van der Waals surface area contributed by atoms with Crippen LogP contribution >= 0.6 is 0 Å². The maximum absolute atomic E-state index is 8.49. The fraction of sp³-hybridized carbons (Fsp3) is 1.00. The van der Waals surface area contributed by atoms with Crippen molar-refractivity contribution in [2.24, 2.45) is 0 Å². The molecule has 59 valence electrons. The molecule has 0 aliphatic heterocycles. The van der Waals surface area contributed by atoms with Crippen LogP contribution in [0.25, 0.3) is 0 Å². The number of ether oxygens (including phenoxy) is 2. The molecule has 0 bridgehead atoms. The van der Waals surface area contributed by atoms with Gasteiger partial charge in [0.2, 0.25) is 0 Å². The Morgan fingerprint density at radius 2 is 1.90 bits per heavy atom. The lowest BCUT2D eigenvalue weighted by Gasteiger charge is -2.25. The van der Waals surface area contributed by atoms with Gasteiger partial charge in [-0.3, -0.25) is 0 Å². The van der Waals surface area contributed by atoms with E-state index in [0.717, 1.165) is 0 Å². The average Bonchev–Trinajstić information content (AvgIpc) is 2.00. The summed E-state index contributed by atoms with van der Waals surface area (Å²) in [6.07, 6.45) is 1.29. The van der Waals surface area contributed by atoms with Gasteiger partial charge < -0.3 is 14.6 Å². The molecule has 0 unspecified atom stereocenters. The summed E-state index contributed by atoms with van der Waals surface area (Å²) in [6.45, 7) is 0.152. The van der Waals surface area contributed by atoms with Crippen molar-refractivity contribution in [2.45, 2.75) is 18.3 Å². The first-order valence-electron chi connectivity index (χ1n) is 3.14. The van der Waals surface area contributed by atoms with Gasteiger partial charge in [-0.1, -0.05) is 0 Å². The van der Waals surface area contributed by atoms with E-state index in [1.54, 1.807) is 14.2 Å². The van der Waals surface area contributed by atoms with E-state index in [1.807, 2.05) is 0 Å². The fourth-order valence-corrected chi connectivity index (χ4v) is 0.776. The van der Waals surface area contributed by atoms with E-state index in [-0.39, 0.29) is 6.61 Å². The van der Waals surface area contributed by atoms with Crippen LogP contribution in [0.4, 0.5) is 0 Å². The van der Waals surface area contributed by atoms with Crippen LogP contribution in [0.15, 0.2) is 0 Å². The van der Waals surface area contributed by atoms with Crippen LogP contribution in [0.2, 0.25) is 0 Å². The normalized spacial score (nSPS) is 12.0. The topological polar surface area (TPSA) is 38.7 Å². The number of aliphatic hydroxyl groups excluding tert-OH is 1. The van der Waals surface area contributed by atoms with Crippen molar-refractivity contribution in [3.05, 3.63) is 0 Å². The first kappa shape index (κ1) is 10.1. The van der Waals surface area contributed by atoms with E-state index in [1.165, 1.54) is 0 Å². The lowest BCUT2D eigenvalue weighted by molar-refractivity contribution is -0.147. The minimum Gasteiger partial charge on any atom is -0.396 e. The lowest BCUT2D eigenvalue weighted by atomic mass is 10.3. The van der Waals surface area contributed by atoms with Gasteiger partial charge in [0.1, 0.15) is 15.7 Å². The van der Waals surface area contributed by atoms with Gasteiger partial charge in [-0.05, 0) is 12.8 Å². The summed E-state index contributed by atoms with van der Waals surface area (Å²) in [5.74, 6) is 0. The van der Waals surface area contributed by atoms with Gasteiger partial charge in [0.25, 0.3) is 0 Å². The van der Waals surface area contributed by atoms with Crippen molar-refractivity contribution in [1.29, 1.82) is 0 Å². The SMILES string of the molecule is COC([Si])(CCCO)OC. The third-order valence-electron chi connectivity index (χ3n) is 1.32. The molecule has 0 amide bonds. The molecular weight excluding hydrogens is 148 g/mol. The smallest absolute Gasteiger partial charge is 0.143 e. The van der Waals surface area contributed by atoms with Crippen LogP contribution in [-0.4, -0.2) is 41.6 Å². The molecule has 0 aliphatic carbocycles. The third-order valence-corrected chi connectivity index (χ3v) is 1.98. The minimum absolute atomic E-state index is 0.152. The molecule has 0 aromatic heterocycles. The second-order valence-corrected chi connectivity index (χ2v) is 2.75. The Balaban J connectivity index is 3.58. The van der Waals surface area contributed by atoms with E-state index < -0.39 is 5.41 Å². The molecule has 0 aromatic rings.